The first kappa shape index (κ1) is 19.4. The summed E-state index contributed by atoms with van der Waals surface area (Å²) in [5.41, 5.74) is 3.62. The highest BCUT2D eigenvalue weighted by Crippen LogP contribution is 2.28. The molecule has 1 amide bonds. The van der Waals surface area contributed by atoms with Crippen LogP contribution in [0.25, 0.3) is 0 Å². The number of ether oxygens (including phenoxy) is 1. The fraction of sp³-hybridized carbons (Fsp3) is 0.524. The van der Waals surface area contributed by atoms with Crippen LogP contribution in [0.4, 0.5) is 5.13 Å². The fourth-order valence-corrected chi connectivity index (χ4v) is 5.08. The summed E-state index contributed by atoms with van der Waals surface area (Å²) >= 11 is 1.51. The number of fused-ring (bicyclic) bond motifs is 1. The molecule has 6 nitrogen and oxygen atoms in total. The van der Waals surface area contributed by atoms with Crippen molar-refractivity contribution in [3.05, 3.63) is 46.0 Å². The van der Waals surface area contributed by atoms with Crippen LogP contribution < -0.4 is 4.90 Å². The molecule has 0 aliphatic carbocycles. The van der Waals surface area contributed by atoms with Crippen LogP contribution in [0.5, 0.6) is 0 Å². The summed E-state index contributed by atoms with van der Waals surface area (Å²) in [5, 5.41) is 0.932. The van der Waals surface area contributed by atoms with Crippen LogP contribution >= 0.6 is 11.3 Å². The highest BCUT2D eigenvalue weighted by molar-refractivity contribution is 7.17. The predicted molar refractivity (Wildman–Crippen MR) is 112 cm³/mol. The second kappa shape index (κ2) is 8.19. The quantitative estimate of drug-likeness (QED) is 0.789. The molecule has 2 aromatic rings. The Labute approximate surface area is 170 Å². The van der Waals surface area contributed by atoms with Crippen LogP contribution in [0.15, 0.2) is 24.3 Å². The number of aromatic nitrogens is 1. The number of anilines is 1. The van der Waals surface area contributed by atoms with Crippen molar-refractivity contribution in [3.63, 3.8) is 0 Å². The summed E-state index contributed by atoms with van der Waals surface area (Å²) in [4.78, 5) is 25.0. The molecule has 28 heavy (non-hydrogen) atoms. The van der Waals surface area contributed by atoms with E-state index >= 15 is 0 Å². The molecule has 150 valence electrons. The van der Waals surface area contributed by atoms with Crippen LogP contribution in [0.3, 0.4) is 0 Å². The SMILES string of the molecule is Cc1nc(N2CCOCC2)sc1C(=O)N(C)CC1Cc2ccccc2CN1C. The van der Waals surface area contributed by atoms with Gasteiger partial charge >= 0.3 is 0 Å². The van der Waals surface area contributed by atoms with Crippen LogP contribution in [0.1, 0.15) is 26.5 Å². The molecule has 1 atom stereocenters. The van der Waals surface area contributed by atoms with E-state index in [2.05, 4.69) is 46.1 Å². The first-order chi connectivity index (χ1) is 13.5. The summed E-state index contributed by atoms with van der Waals surface area (Å²) in [6.07, 6.45) is 0.977. The molecule has 1 saturated heterocycles. The Bertz CT molecular complexity index is 847. The van der Waals surface area contributed by atoms with Gasteiger partial charge in [-0.1, -0.05) is 35.6 Å². The van der Waals surface area contributed by atoms with Crippen LogP contribution in [0, 0.1) is 6.92 Å². The zero-order valence-electron chi connectivity index (χ0n) is 16.9. The Morgan fingerprint density at radius 3 is 2.75 bits per heavy atom. The minimum absolute atomic E-state index is 0.0711. The van der Waals surface area contributed by atoms with Crippen LogP contribution in [-0.4, -0.2) is 73.7 Å². The third-order valence-electron chi connectivity index (χ3n) is 5.71. The lowest BCUT2D eigenvalue weighted by Crippen LogP contribution is -2.46. The van der Waals surface area contributed by atoms with E-state index in [0.717, 1.165) is 55.0 Å². The van der Waals surface area contributed by atoms with Crippen molar-refractivity contribution in [2.24, 2.45) is 0 Å². The van der Waals surface area contributed by atoms with Gasteiger partial charge in [-0.3, -0.25) is 9.69 Å². The maximum atomic E-state index is 13.1. The molecule has 0 saturated carbocycles. The highest BCUT2D eigenvalue weighted by atomic mass is 32.1. The van der Waals surface area contributed by atoms with E-state index in [4.69, 9.17) is 4.74 Å². The monoisotopic (exact) mass is 400 g/mol. The van der Waals surface area contributed by atoms with E-state index in [0.29, 0.717) is 12.6 Å². The number of rotatable bonds is 4. The van der Waals surface area contributed by atoms with Gasteiger partial charge in [0.2, 0.25) is 0 Å². The Morgan fingerprint density at radius 2 is 2.00 bits per heavy atom. The lowest BCUT2D eigenvalue weighted by molar-refractivity contribution is 0.0737. The van der Waals surface area contributed by atoms with Gasteiger partial charge in [0.1, 0.15) is 4.88 Å². The molecule has 1 aromatic heterocycles. The summed E-state index contributed by atoms with van der Waals surface area (Å²) in [6.45, 7) is 6.70. The average Bonchev–Trinajstić information content (AvgIpc) is 3.10. The number of amides is 1. The summed E-state index contributed by atoms with van der Waals surface area (Å²) in [5.74, 6) is 0.0711. The number of likely N-dealkylation sites (N-methyl/N-ethyl adjacent to an activating group) is 2. The van der Waals surface area contributed by atoms with E-state index in [-0.39, 0.29) is 5.91 Å². The van der Waals surface area contributed by atoms with Crippen LogP contribution in [-0.2, 0) is 17.7 Å². The molecule has 1 fully saturated rings. The molecule has 2 aliphatic rings. The number of benzene rings is 1. The largest absolute Gasteiger partial charge is 0.378 e. The number of carbonyl (C=O) groups excluding carboxylic acids is 1. The molecule has 1 aromatic carbocycles. The van der Waals surface area contributed by atoms with Crippen molar-refractivity contribution in [1.82, 2.24) is 14.8 Å². The van der Waals surface area contributed by atoms with Crippen molar-refractivity contribution in [1.29, 1.82) is 0 Å². The van der Waals surface area contributed by atoms with Crippen molar-refractivity contribution < 1.29 is 9.53 Å². The molecule has 3 heterocycles. The number of aryl methyl sites for hydroxylation is 1. The molecule has 2 aliphatic heterocycles. The van der Waals surface area contributed by atoms with Gasteiger partial charge in [-0.05, 0) is 31.5 Å². The van der Waals surface area contributed by atoms with Gasteiger partial charge in [0, 0.05) is 39.3 Å². The van der Waals surface area contributed by atoms with Gasteiger partial charge in [0.25, 0.3) is 5.91 Å². The summed E-state index contributed by atoms with van der Waals surface area (Å²) in [6, 6.07) is 8.94. The Hall–Kier alpha value is -1.96. The molecular weight excluding hydrogens is 372 g/mol. The zero-order valence-corrected chi connectivity index (χ0v) is 17.7. The third-order valence-corrected chi connectivity index (χ3v) is 6.92. The second-order valence-electron chi connectivity index (χ2n) is 7.74. The van der Waals surface area contributed by atoms with Gasteiger partial charge in [-0.15, -0.1) is 0 Å². The third kappa shape index (κ3) is 3.92. The topological polar surface area (TPSA) is 48.9 Å². The van der Waals surface area contributed by atoms with E-state index in [1.54, 1.807) is 0 Å². The fourth-order valence-electron chi connectivity index (χ4n) is 3.97. The molecule has 1 unspecified atom stereocenters. The summed E-state index contributed by atoms with van der Waals surface area (Å²) < 4.78 is 5.42. The molecule has 0 spiro atoms. The van der Waals surface area contributed by atoms with E-state index in [9.17, 15) is 4.79 Å². The standard InChI is InChI=1S/C21H28N4O2S/c1-15-19(28-21(22-15)25-8-10-27-11-9-25)20(26)24(3)14-18-12-16-6-4-5-7-17(16)13-23(18)2/h4-7,18H,8-14H2,1-3H3. The van der Waals surface area contributed by atoms with Crippen molar-refractivity contribution in [2.75, 3.05) is 51.8 Å². The van der Waals surface area contributed by atoms with Crippen molar-refractivity contribution in [2.45, 2.75) is 25.9 Å². The molecule has 7 heteroatoms. The minimum atomic E-state index is 0.0711. The summed E-state index contributed by atoms with van der Waals surface area (Å²) in [7, 11) is 4.05. The normalized spacial score (nSPS) is 20.1. The second-order valence-corrected chi connectivity index (χ2v) is 8.72. The Morgan fingerprint density at radius 1 is 1.29 bits per heavy atom. The van der Waals surface area contributed by atoms with E-state index < -0.39 is 0 Å². The van der Waals surface area contributed by atoms with Crippen molar-refractivity contribution in [3.8, 4) is 0 Å². The van der Waals surface area contributed by atoms with E-state index in [1.165, 1.54) is 22.5 Å². The predicted octanol–water partition coefficient (Wildman–Crippen LogP) is 2.42. The number of nitrogens with zero attached hydrogens (tertiary/aromatic N) is 4. The first-order valence-electron chi connectivity index (χ1n) is 9.85. The molecule has 0 bridgehead atoms. The number of hydrogen-bond acceptors (Lipinski definition) is 6. The number of carbonyl (C=O) groups is 1. The highest BCUT2D eigenvalue weighted by Gasteiger charge is 2.28. The molecular formula is C21H28N4O2S. The number of hydrogen-bond donors (Lipinski definition) is 0. The smallest absolute Gasteiger partial charge is 0.265 e. The Kier molecular flexibility index (Phi) is 5.66. The first-order valence-corrected chi connectivity index (χ1v) is 10.7. The lowest BCUT2D eigenvalue weighted by atomic mass is 9.94. The molecule has 4 rings (SSSR count). The average molecular weight is 401 g/mol. The number of morpholine rings is 1. The maximum absolute atomic E-state index is 13.1. The zero-order chi connectivity index (χ0) is 19.7. The Balaban J connectivity index is 1.44. The molecule has 0 radical (unpaired) electrons. The van der Waals surface area contributed by atoms with Gasteiger partial charge in [0.15, 0.2) is 5.13 Å². The molecule has 0 N–H and O–H groups in total. The van der Waals surface area contributed by atoms with E-state index in [1.807, 2.05) is 18.9 Å². The maximum Gasteiger partial charge on any atom is 0.265 e. The lowest BCUT2D eigenvalue weighted by Gasteiger charge is -2.36. The van der Waals surface area contributed by atoms with Crippen molar-refractivity contribution >= 4 is 22.4 Å². The van der Waals surface area contributed by atoms with Gasteiger partial charge in [-0.2, -0.15) is 0 Å². The van der Waals surface area contributed by atoms with Gasteiger partial charge in [0.05, 0.1) is 18.9 Å². The van der Waals surface area contributed by atoms with Gasteiger partial charge < -0.3 is 14.5 Å². The minimum Gasteiger partial charge on any atom is -0.378 e. The van der Waals surface area contributed by atoms with Crippen LogP contribution in [0.2, 0.25) is 0 Å². The van der Waals surface area contributed by atoms with Gasteiger partial charge in [-0.25, -0.2) is 4.98 Å². The number of thiazole rings is 1.